The Morgan fingerprint density at radius 1 is 1.47 bits per heavy atom. The summed E-state index contributed by atoms with van der Waals surface area (Å²) in [6.45, 7) is 0. The largest absolute Gasteiger partial charge is 0.481 e. The third-order valence-electron chi connectivity index (χ3n) is 2.27. The Bertz CT molecular complexity index is 669. The Kier molecular flexibility index (Phi) is 2.41. The molecule has 1 N–H and O–H groups in total. The quantitative estimate of drug-likeness (QED) is 0.788. The Balaban J connectivity index is 2.08. The number of rotatable bonds is 3. The molecule has 5 nitrogen and oxygen atoms in total. The fourth-order valence-electron chi connectivity index (χ4n) is 1.56. The van der Waals surface area contributed by atoms with Gasteiger partial charge in [0, 0.05) is 28.8 Å². The van der Waals surface area contributed by atoms with E-state index < -0.39 is 5.97 Å². The second-order valence-electron chi connectivity index (χ2n) is 3.41. The lowest BCUT2D eigenvalue weighted by Crippen LogP contribution is -2.02. The first-order valence-electron chi connectivity index (χ1n) is 4.81. The smallest absolute Gasteiger partial charge is 0.309 e. The second-order valence-corrected chi connectivity index (χ2v) is 5.14. The van der Waals surface area contributed by atoms with E-state index in [0.29, 0.717) is 0 Å². The van der Waals surface area contributed by atoms with Crippen LogP contribution in [0.4, 0.5) is 0 Å². The lowest BCUT2D eigenvalue weighted by Gasteiger charge is -1.92. The van der Waals surface area contributed by atoms with Gasteiger partial charge in [0.05, 0.1) is 6.42 Å². The normalized spacial score (nSPS) is 11.1. The molecule has 7 heteroatoms. The molecule has 0 spiro atoms. The summed E-state index contributed by atoms with van der Waals surface area (Å²) in [7, 11) is 0. The highest BCUT2D eigenvalue weighted by Gasteiger charge is 2.12. The van der Waals surface area contributed by atoms with Crippen LogP contribution in [0.3, 0.4) is 0 Å². The van der Waals surface area contributed by atoms with Crippen LogP contribution in [0.15, 0.2) is 23.2 Å². The lowest BCUT2D eigenvalue weighted by molar-refractivity contribution is -0.136. The van der Waals surface area contributed by atoms with Crippen LogP contribution in [0.1, 0.15) is 5.69 Å². The minimum Gasteiger partial charge on any atom is -0.481 e. The number of carboxylic acid groups (broad SMARTS) is 1. The summed E-state index contributed by atoms with van der Waals surface area (Å²) in [5, 5.41) is 13.4. The molecule has 86 valence electrons. The first-order valence-corrected chi connectivity index (χ1v) is 6.57. The molecule has 0 saturated carbocycles. The van der Waals surface area contributed by atoms with Gasteiger partial charge in [0.2, 0.25) is 0 Å². The van der Waals surface area contributed by atoms with E-state index in [4.69, 9.17) is 5.11 Å². The van der Waals surface area contributed by atoms with Crippen molar-refractivity contribution < 1.29 is 9.90 Å². The van der Waals surface area contributed by atoms with Gasteiger partial charge < -0.3 is 5.11 Å². The maximum atomic E-state index is 10.7. The molecule has 0 radical (unpaired) electrons. The van der Waals surface area contributed by atoms with E-state index in [9.17, 15) is 4.79 Å². The van der Waals surface area contributed by atoms with E-state index in [-0.39, 0.29) is 6.42 Å². The molecule has 0 atom stereocenters. The van der Waals surface area contributed by atoms with Crippen LogP contribution in [0.25, 0.3) is 15.7 Å². The molecule has 0 aliphatic carbocycles. The number of aliphatic carboxylic acids is 1. The highest BCUT2D eigenvalue weighted by Crippen LogP contribution is 2.25. The fraction of sp³-hybridized carbons (Fsp3) is 0.100. The molecule has 0 aliphatic heterocycles. The number of hydrogen-bond acceptors (Lipinski definition) is 5. The number of imidazole rings is 1. The van der Waals surface area contributed by atoms with E-state index >= 15 is 0 Å². The summed E-state index contributed by atoms with van der Waals surface area (Å²) in [4.78, 5) is 20.1. The second kappa shape index (κ2) is 3.94. The predicted octanol–water partition coefficient (Wildman–Crippen LogP) is 2.15. The van der Waals surface area contributed by atoms with Crippen molar-refractivity contribution in [3.8, 4) is 10.7 Å². The van der Waals surface area contributed by atoms with Crippen LogP contribution in [0.5, 0.6) is 0 Å². The number of thiazole rings is 2. The Morgan fingerprint density at radius 2 is 2.35 bits per heavy atom. The topological polar surface area (TPSA) is 67.5 Å². The summed E-state index contributed by atoms with van der Waals surface area (Å²) >= 11 is 2.96. The van der Waals surface area contributed by atoms with Crippen LogP contribution < -0.4 is 0 Å². The molecule has 0 unspecified atom stereocenters. The third kappa shape index (κ3) is 1.83. The Morgan fingerprint density at radius 3 is 3.06 bits per heavy atom. The van der Waals surface area contributed by atoms with Gasteiger partial charge in [0.25, 0.3) is 0 Å². The van der Waals surface area contributed by atoms with Crippen molar-refractivity contribution in [2.45, 2.75) is 6.42 Å². The van der Waals surface area contributed by atoms with E-state index in [1.165, 1.54) is 22.7 Å². The average Bonchev–Trinajstić information content (AvgIpc) is 2.93. The van der Waals surface area contributed by atoms with E-state index in [1.54, 1.807) is 6.20 Å². The zero-order valence-electron chi connectivity index (χ0n) is 8.53. The van der Waals surface area contributed by atoms with Crippen LogP contribution in [-0.2, 0) is 11.2 Å². The summed E-state index contributed by atoms with van der Waals surface area (Å²) in [6, 6.07) is 0. The number of fused-ring (bicyclic) bond motifs is 1. The van der Waals surface area contributed by atoms with E-state index in [0.717, 1.165) is 21.4 Å². The monoisotopic (exact) mass is 265 g/mol. The van der Waals surface area contributed by atoms with Gasteiger partial charge in [0.15, 0.2) is 4.96 Å². The van der Waals surface area contributed by atoms with E-state index in [2.05, 4.69) is 9.97 Å². The van der Waals surface area contributed by atoms with Gasteiger partial charge in [-0.05, 0) is 0 Å². The minimum atomic E-state index is -0.839. The van der Waals surface area contributed by atoms with Crippen molar-refractivity contribution in [2.75, 3.05) is 0 Å². The van der Waals surface area contributed by atoms with Crippen LogP contribution in [0.2, 0.25) is 0 Å². The van der Waals surface area contributed by atoms with Crippen molar-refractivity contribution in [1.82, 2.24) is 14.4 Å². The molecule has 0 aromatic carbocycles. The first-order chi connectivity index (χ1) is 8.24. The number of nitrogens with zero attached hydrogens (tertiary/aromatic N) is 3. The molecule has 0 bridgehead atoms. The Hall–Kier alpha value is -1.73. The number of aromatic nitrogens is 3. The van der Waals surface area contributed by atoms with Crippen molar-refractivity contribution >= 4 is 33.6 Å². The molecule has 0 saturated heterocycles. The van der Waals surface area contributed by atoms with Gasteiger partial charge >= 0.3 is 5.97 Å². The molecule has 3 heterocycles. The van der Waals surface area contributed by atoms with Crippen LogP contribution in [0, 0.1) is 0 Å². The molecule has 3 rings (SSSR count). The van der Waals surface area contributed by atoms with Gasteiger partial charge in [-0.1, -0.05) is 0 Å². The standard InChI is InChI=1S/C10H7N3O2S2/c14-8(15)3-6-5-17-10-12-7(4-13(6)10)9-11-1-2-16-9/h1-2,4-5H,3H2,(H,14,15). The van der Waals surface area contributed by atoms with Crippen molar-refractivity contribution in [3.05, 3.63) is 28.8 Å². The maximum Gasteiger partial charge on any atom is 0.309 e. The van der Waals surface area contributed by atoms with Crippen molar-refractivity contribution in [2.24, 2.45) is 0 Å². The highest BCUT2D eigenvalue weighted by atomic mass is 32.1. The molecule has 0 fully saturated rings. The molecular formula is C10H7N3O2S2. The van der Waals surface area contributed by atoms with Gasteiger partial charge in [-0.2, -0.15) is 0 Å². The highest BCUT2D eigenvalue weighted by molar-refractivity contribution is 7.15. The van der Waals surface area contributed by atoms with Crippen molar-refractivity contribution in [1.29, 1.82) is 0 Å². The third-order valence-corrected chi connectivity index (χ3v) is 3.95. The van der Waals surface area contributed by atoms with Crippen LogP contribution >= 0.6 is 22.7 Å². The number of hydrogen-bond donors (Lipinski definition) is 1. The summed E-state index contributed by atoms with van der Waals surface area (Å²) in [5.41, 5.74) is 1.53. The van der Waals surface area contributed by atoms with Gasteiger partial charge in [-0.3, -0.25) is 9.20 Å². The molecular weight excluding hydrogens is 258 g/mol. The lowest BCUT2D eigenvalue weighted by atomic mass is 10.3. The van der Waals surface area contributed by atoms with Gasteiger partial charge in [0.1, 0.15) is 10.7 Å². The summed E-state index contributed by atoms with van der Waals surface area (Å²) in [5.74, 6) is -0.839. The number of carboxylic acids is 1. The van der Waals surface area contributed by atoms with Gasteiger partial charge in [-0.15, -0.1) is 22.7 Å². The van der Waals surface area contributed by atoms with Gasteiger partial charge in [-0.25, -0.2) is 9.97 Å². The Labute approximate surface area is 104 Å². The number of carbonyl (C=O) groups is 1. The molecule has 0 aliphatic rings. The van der Waals surface area contributed by atoms with Crippen molar-refractivity contribution in [3.63, 3.8) is 0 Å². The fourth-order valence-corrected chi connectivity index (χ4v) is 3.03. The summed E-state index contributed by atoms with van der Waals surface area (Å²) in [6.07, 6.45) is 3.57. The maximum absolute atomic E-state index is 10.7. The molecule has 0 amide bonds. The molecule has 3 aromatic rings. The zero-order chi connectivity index (χ0) is 11.8. The first kappa shape index (κ1) is 10.4. The summed E-state index contributed by atoms with van der Waals surface area (Å²) < 4.78 is 1.82. The SMILES string of the molecule is O=C(O)Cc1csc2nc(-c3nccs3)cn12. The van der Waals surface area contributed by atoms with Crippen LogP contribution in [-0.4, -0.2) is 25.4 Å². The molecule has 3 aromatic heterocycles. The minimum absolute atomic E-state index is 0.00761. The van der Waals surface area contributed by atoms with E-state index in [1.807, 2.05) is 21.4 Å². The predicted molar refractivity (Wildman–Crippen MR) is 65.5 cm³/mol. The molecule has 17 heavy (non-hydrogen) atoms. The zero-order valence-corrected chi connectivity index (χ0v) is 10.2. The average molecular weight is 265 g/mol.